The van der Waals surface area contributed by atoms with Gasteiger partial charge >= 0.3 is 0 Å². The zero-order valence-electron chi connectivity index (χ0n) is 12.3. The van der Waals surface area contributed by atoms with Gasteiger partial charge in [0.15, 0.2) is 0 Å². The molecule has 0 aliphatic heterocycles. The van der Waals surface area contributed by atoms with Crippen LogP contribution in [0.5, 0.6) is 0 Å². The first-order chi connectivity index (χ1) is 9.47. The second-order valence-electron chi connectivity index (χ2n) is 4.43. The van der Waals surface area contributed by atoms with Crippen LogP contribution in [0.4, 0.5) is 11.4 Å². The summed E-state index contributed by atoms with van der Waals surface area (Å²) in [6.45, 7) is 7.14. The number of anilines is 2. The van der Waals surface area contributed by atoms with Crippen molar-refractivity contribution in [3.8, 4) is 0 Å². The summed E-state index contributed by atoms with van der Waals surface area (Å²) in [5.74, 6) is -0.261. The highest BCUT2D eigenvalue weighted by Crippen LogP contribution is 2.15. The molecule has 4 nitrogen and oxygen atoms in total. The number of carbonyl (C=O) groups excluding carboxylic acids is 2. The third kappa shape index (κ3) is 4.39. The Labute approximate surface area is 119 Å². The van der Waals surface area contributed by atoms with Crippen LogP contribution in [0.25, 0.3) is 0 Å². The Bertz CT molecular complexity index is 503. The molecule has 0 atom stereocenters. The second kappa shape index (κ2) is 7.28. The van der Waals surface area contributed by atoms with E-state index in [4.69, 9.17) is 0 Å². The Kier molecular flexibility index (Phi) is 5.72. The minimum absolute atomic E-state index is 0.131. The molecule has 20 heavy (non-hydrogen) atoms. The molecule has 0 spiro atoms. The fourth-order valence-corrected chi connectivity index (χ4v) is 1.36. The van der Waals surface area contributed by atoms with E-state index in [0.717, 1.165) is 0 Å². The molecule has 0 unspecified atom stereocenters. The highest BCUT2D eigenvalue weighted by atomic mass is 16.2. The van der Waals surface area contributed by atoms with Gasteiger partial charge in [0.2, 0.25) is 0 Å². The Balaban J connectivity index is 2.70. The van der Waals surface area contributed by atoms with Gasteiger partial charge in [0.05, 0.1) is 0 Å². The number of hydrogen-bond acceptors (Lipinski definition) is 2. The molecule has 0 heterocycles. The number of benzene rings is 1. The topological polar surface area (TPSA) is 58.2 Å². The summed E-state index contributed by atoms with van der Waals surface area (Å²) in [6.07, 6.45) is 3.51. The molecule has 2 N–H and O–H groups in total. The highest BCUT2D eigenvalue weighted by molar-refractivity contribution is 6.04. The maximum absolute atomic E-state index is 11.7. The molecule has 0 aromatic heterocycles. The summed E-state index contributed by atoms with van der Waals surface area (Å²) in [7, 11) is 0. The first kappa shape index (κ1) is 15.7. The molecule has 0 aliphatic carbocycles. The first-order valence-electron chi connectivity index (χ1n) is 6.46. The number of hydrogen-bond donors (Lipinski definition) is 2. The van der Waals surface area contributed by atoms with Crippen LogP contribution in [0.2, 0.25) is 0 Å². The standard InChI is InChI=1S/C16H20N2O2/c1-5-11(3)15(19)17-13-7-9-14(10-8-13)18-16(20)12(4)6-2/h5-10H,1-4H3,(H,17,19)(H,18,20)/b11-5+,12-6+. The quantitative estimate of drug-likeness (QED) is 0.824. The molecular weight excluding hydrogens is 252 g/mol. The average molecular weight is 272 g/mol. The SMILES string of the molecule is C/C=C(\C)C(=O)Nc1ccc(NC(=O)/C(C)=C/C)cc1. The van der Waals surface area contributed by atoms with E-state index in [-0.39, 0.29) is 11.8 Å². The van der Waals surface area contributed by atoms with E-state index in [1.807, 2.05) is 13.8 Å². The van der Waals surface area contributed by atoms with Gasteiger partial charge in [-0.1, -0.05) is 12.2 Å². The lowest BCUT2D eigenvalue weighted by atomic mass is 10.2. The van der Waals surface area contributed by atoms with Gasteiger partial charge in [0, 0.05) is 22.5 Å². The molecule has 0 radical (unpaired) electrons. The van der Waals surface area contributed by atoms with Crippen LogP contribution in [0.1, 0.15) is 27.7 Å². The van der Waals surface area contributed by atoms with Crippen molar-refractivity contribution in [2.45, 2.75) is 27.7 Å². The Morgan fingerprint density at radius 1 is 0.800 bits per heavy atom. The predicted molar refractivity (Wildman–Crippen MR) is 82.6 cm³/mol. The van der Waals surface area contributed by atoms with E-state index in [1.54, 1.807) is 50.3 Å². The van der Waals surface area contributed by atoms with E-state index in [1.165, 1.54) is 0 Å². The Hall–Kier alpha value is -2.36. The summed E-state index contributed by atoms with van der Waals surface area (Å²) >= 11 is 0. The zero-order chi connectivity index (χ0) is 15.1. The molecule has 0 saturated carbocycles. The zero-order valence-corrected chi connectivity index (χ0v) is 12.3. The first-order valence-corrected chi connectivity index (χ1v) is 6.46. The van der Waals surface area contributed by atoms with Crippen molar-refractivity contribution in [1.29, 1.82) is 0 Å². The lowest BCUT2D eigenvalue weighted by Gasteiger charge is -2.08. The van der Waals surface area contributed by atoms with Crippen molar-refractivity contribution in [3.63, 3.8) is 0 Å². The van der Waals surface area contributed by atoms with Crippen molar-refractivity contribution in [2.75, 3.05) is 10.6 Å². The molecule has 2 amide bonds. The maximum atomic E-state index is 11.7. The smallest absolute Gasteiger partial charge is 0.250 e. The van der Waals surface area contributed by atoms with Crippen molar-refractivity contribution in [1.82, 2.24) is 0 Å². The molecule has 0 aliphatic rings. The summed E-state index contributed by atoms with van der Waals surface area (Å²) in [5, 5.41) is 5.55. The van der Waals surface area contributed by atoms with Crippen molar-refractivity contribution in [2.24, 2.45) is 0 Å². The molecule has 1 aromatic carbocycles. The van der Waals surface area contributed by atoms with Crippen LogP contribution in [0.15, 0.2) is 47.6 Å². The normalized spacial score (nSPS) is 12.0. The van der Waals surface area contributed by atoms with Crippen LogP contribution in [-0.4, -0.2) is 11.8 Å². The average Bonchev–Trinajstić information content (AvgIpc) is 2.47. The minimum Gasteiger partial charge on any atom is -0.322 e. The van der Waals surface area contributed by atoms with Gasteiger partial charge in [-0.05, 0) is 52.0 Å². The summed E-state index contributed by atoms with van der Waals surface area (Å²) in [5.41, 5.74) is 2.70. The summed E-state index contributed by atoms with van der Waals surface area (Å²) < 4.78 is 0. The third-order valence-corrected chi connectivity index (χ3v) is 2.98. The summed E-state index contributed by atoms with van der Waals surface area (Å²) in [6, 6.07) is 7.01. The van der Waals surface area contributed by atoms with Gasteiger partial charge < -0.3 is 10.6 Å². The van der Waals surface area contributed by atoms with Crippen LogP contribution >= 0.6 is 0 Å². The third-order valence-electron chi connectivity index (χ3n) is 2.98. The molecule has 106 valence electrons. The van der Waals surface area contributed by atoms with E-state index < -0.39 is 0 Å². The number of nitrogens with one attached hydrogen (secondary N) is 2. The van der Waals surface area contributed by atoms with Crippen LogP contribution in [0, 0.1) is 0 Å². The van der Waals surface area contributed by atoms with Crippen molar-refractivity contribution >= 4 is 23.2 Å². The van der Waals surface area contributed by atoms with Crippen molar-refractivity contribution in [3.05, 3.63) is 47.6 Å². The number of allylic oxidation sites excluding steroid dienone is 2. The van der Waals surface area contributed by atoms with Gasteiger partial charge in [-0.2, -0.15) is 0 Å². The fraction of sp³-hybridized carbons (Fsp3) is 0.250. The largest absolute Gasteiger partial charge is 0.322 e. The monoisotopic (exact) mass is 272 g/mol. The lowest BCUT2D eigenvalue weighted by Crippen LogP contribution is -2.13. The number of amides is 2. The molecule has 1 aromatic rings. The second-order valence-corrected chi connectivity index (χ2v) is 4.43. The maximum Gasteiger partial charge on any atom is 0.250 e. The molecule has 1 rings (SSSR count). The van der Waals surface area contributed by atoms with Crippen LogP contribution < -0.4 is 10.6 Å². The Morgan fingerprint density at radius 3 is 1.35 bits per heavy atom. The van der Waals surface area contributed by atoms with Gasteiger partial charge in [-0.25, -0.2) is 0 Å². The lowest BCUT2D eigenvalue weighted by molar-refractivity contribution is -0.113. The van der Waals surface area contributed by atoms with E-state index in [9.17, 15) is 9.59 Å². The van der Waals surface area contributed by atoms with Gasteiger partial charge in [-0.15, -0.1) is 0 Å². The van der Waals surface area contributed by atoms with E-state index in [2.05, 4.69) is 10.6 Å². The van der Waals surface area contributed by atoms with E-state index in [0.29, 0.717) is 22.5 Å². The molecule has 0 saturated heterocycles. The number of rotatable bonds is 4. The molecule has 0 bridgehead atoms. The summed E-state index contributed by atoms with van der Waals surface area (Å²) in [4.78, 5) is 23.4. The highest BCUT2D eigenvalue weighted by Gasteiger charge is 2.05. The Morgan fingerprint density at radius 2 is 1.10 bits per heavy atom. The minimum atomic E-state index is -0.131. The predicted octanol–water partition coefficient (Wildman–Crippen LogP) is 3.50. The van der Waals surface area contributed by atoms with Crippen molar-refractivity contribution < 1.29 is 9.59 Å². The van der Waals surface area contributed by atoms with Gasteiger partial charge in [0.1, 0.15) is 0 Å². The van der Waals surface area contributed by atoms with Crippen LogP contribution in [-0.2, 0) is 9.59 Å². The van der Waals surface area contributed by atoms with Gasteiger partial charge in [0.25, 0.3) is 11.8 Å². The van der Waals surface area contributed by atoms with Gasteiger partial charge in [-0.3, -0.25) is 9.59 Å². The molecular formula is C16H20N2O2. The van der Waals surface area contributed by atoms with Crippen LogP contribution in [0.3, 0.4) is 0 Å². The van der Waals surface area contributed by atoms with E-state index >= 15 is 0 Å². The number of carbonyl (C=O) groups is 2. The molecule has 4 heteroatoms. The molecule has 0 fully saturated rings. The fourth-order valence-electron chi connectivity index (χ4n) is 1.36.